The molecule has 0 bridgehead atoms. The maximum atomic E-state index is 12.6. The predicted molar refractivity (Wildman–Crippen MR) is 90.6 cm³/mol. The fourth-order valence-electron chi connectivity index (χ4n) is 3.08. The van der Waals surface area contributed by atoms with Crippen LogP contribution in [0, 0.1) is 0 Å². The number of likely N-dealkylation sites (tertiary alicyclic amines) is 1. The number of furan rings is 1. The Kier molecular flexibility index (Phi) is 4.17. The molecule has 4 rings (SSSR count). The van der Waals surface area contributed by atoms with E-state index >= 15 is 0 Å². The Morgan fingerprint density at radius 1 is 1.46 bits per heavy atom. The second kappa shape index (κ2) is 6.60. The molecular weight excluding hydrogens is 324 g/mol. The van der Waals surface area contributed by atoms with E-state index in [4.69, 9.17) is 4.42 Å². The maximum absolute atomic E-state index is 12.6. The van der Waals surface area contributed by atoms with Crippen LogP contribution in [0.2, 0.25) is 0 Å². The van der Waals surface area contributed by atoms with Crippen LogP contribution in [0.5, 0.6) is 0 Å². The zero-order valence-corrected chi connectivity index (χ0v) is 14.0. The molecule has 0 aliphatic carbocycles. The molecule has 7 heteroatoms. The molecule has 24 heavy (non-hydrogen) atoms. The van der Waals surface area contributed by atoms with Gasteiger partial charge in [0.25, 0.3) is 0 Å². The van der Waals surface area contributed by atoms with Crippen molar-refractivity contribution in [1.82, 2.24) is 19.4 Å². The van der Waals surface area contributed by atoms with Gasteiger partial charge in [0, 0.05) is 30.9 Å². The lowest BCUT2D eigenvalue weighted by Crippen LogP contribution is -2.41. The molecule has 1 saturated heterocycles. The van der Waals surface area contributed by atoms with Crippen LogP contribution in [0.3, 0.4) is 0 Å². The number of rotatable bonds is 4. The zero-order valence-electron chi connectivity index (χ0n) is 13.2. The quantitative estimate of drug-likeness (QED) is 0.731. The van der Waals surface area contributed by atoms with E-state index in [1.165, 1.54) is 11.3 Å². The molecule has 0 spiro atoms. The highest BCUT2D eigenvalue weighted by atomic mass is 32.1. The highest BCUT2D eigenvalue weighted by Gasteiger charge is 2.25. The van der Waals surface area contributed by atoms with E-state index in [-0.39, 0.29) is 5.91 Å². The van der Waals surface area contributed by atoms with Crippen LogP contribution in [0.1, 0.15) is 24.6 Å². The van der Waals surface area contributed by atoms with Crippen molar-refractivity contribution < 1.29 is 9.21 Å². The molecule has 3 aromatic rings. The third kappa shape index (κ3) is 3.12. The van der Waals surface area contributed by atoms with Crippen LogP contribution in [-0.4, -0.2) is 38.4 Å². The topological polar surface area (TPSA) is 64.2 Å². The van der Waals surface area contributed by atoms with Crippen molar-refractivity contribution in [3.63, 3.8) is 0 Å². The lowest BCUT2D eigenvalue weighted by atomic mass is 10.1. The molecule has 1 aliphatic heterocycles. The van der Waals surface area contributed by atoms with Gasteiger partial charge in [-0.1, -0.05) is 0 Å². The van der Waals surface area contributed by atoms with Gasteiger partial charge in [-0.25, -0.2) is 9.97 Å². The summed E-state index contributed by atoms with van der Waals surface area (Å²) in [7, 11) is 0. The molecular formula is C17H18N4O2S. The molecule has 0 unspecified atom stereocenters. The van der Waals surface area contributed by atoms with Gasteiger partial charge in [-0.2, -0.15) is 0 Å². The molecule has 0 radical (unpaired) electrons. The first-order valence-electron chi connectivity index (χ1n) is 8.03. The fourth-order valence-corrected chi connectivity index (χ4v) is 3.86. The molecule has 0 saturated carbocycles. The minimum Gasteiger partial charge on any atom is -0.462 e. The second-order valence-electron chi connectivity index (χ2n) is 5.94. The minimum atomic E-state index is 0.135. The third-order valence-corrected chi connectivity index (χ3v) is 5.22. The average molecular weight is 342 g/mol. The number of piperidine rings is 1. The smallest absolute Gasteiger partial charge is 0.228 e. The molecule has 124 valence electrons. The summed E-state index contributed by atoms with van der Waals surface area (Å²) in [4.78, 5) is 23.2. The highest BCUT2D eigenvalue weighted by Crippen LogP contribution is 2.25. The number of aromatic nitrogens is 3. The summed E-state index contributed by atoms with van der Waals surface area (Å²) < 4.78 is 7.45. The number of hydrogen-bond acceptors (Lipinski definition) is 5. The van der Waals surface area contributed by atoms with Gasteiger partial charge in [0.2, 0.25) is 5.91 Å². The van der Waals surface area contributed by atoms with Crippen LogP contribution in [-0.2, 0) is 11.2 Å². The summed E-state index contributed by atoms with van der Waals surface area (Å²) in [6, 6.07) is 4.04. The van der Waals surface area contributed by atoms with Crippen molar-refractivity contribution in [3.8, 4) is 10.8 Å². The summed E-state index contributed by atoms with van der Waals surface area (Å²) in [6.45, 7) is 1.56. The first kappa shape index (κ1) is 15.1. The number of carbonyl (C=O) groups is 1. The van der Waals surface area contributed by atoms with Crippen LogP contribution >= 0.6 is 11.3 Å². The van der Waals surface area contributed by atoms with E-state index < -0.39 is 0 Å². The van der Waals surface area contributed by atoms with E-state index in [0.717, 1.165) is 42.4 Å². The van der Waals surface area contributed by atoms with E-state index in [1.807, 2.05) is 34.9 Å². The number of nitrogens with zero attached hydrogens (tertiary/aromatic N) is 4. The molecule has 4 heterocycles. The van der Waals surface area contributed by atoms with E-state index in [1.54, 1.807) is 12.5 Å². The molecule has 1 fully saturated rings. The van der Waals surface area contributed by atoms with Gasteiger partial charge in [0.1, 0.15) is 0 Å². The number of thiazole rings is 1. The largest absolute Gasteiger partial charge is 0.462 e. The average Bonchev–Trinajstić information content (AvgIpc) is 3.36. The Morgan fingerprint density at radius 2 is 2.42 bits per heavy atom. The first-order chi connectivity index (χ1) is 11.8. The zero-order chi connectivity index (χ0) is 16.4. The number of carbonyl (C=O) groups excluding carboxylic acids is 1. The molecule has 0 aromatic carbocycles. The van der Waals surface area contributed by atoms with Crippen molar-refractivity contribution in [2.45, 2.75) is 25.3 Å². The summed E-state index contributed by atoms with van der Waals surface area (Å²) in [5.41, 5.74) is 0.807. The summed E-state index contributed by atoms with van der Waals surface area (Å²) in [6.07, 6.45) is 9.65. The normalized spacial score (nSPS) is 18.0. The van der Waals surface area contributed by atoms with Crippen molar-refractivity contribution in [2.24, 2.45) is 0 Å². The van der Waals surface area contributed by atoms with Gasteiger partial charge in [-0.05, 0) is 25.0 Å². The third-order valence-electron chi connectivity index (χ3n) is 4.31. The molecule has 1 aliphatic rings. The van der Waals surface area contributed by atoms with Crippen LogP contribution < -0.4 is 0 Å². The van der Waals surface area contributed by atoms with Crippen LogP contribution in [0.15, 0.2) is 46.9 Å². The standard InChI is InChI=1S/C17H18N4O2S/c22-16(9-13-11-24-17(19-13)15-4-2-8-23-15)20-6-1-3-14(10-20)21-7-5-18-12-21/h2,4-5,7-8,11-12,14H,1,3,6,9-10H2/t14-/m0/s1. The molecule has 1 atom stereocenters. The van der Waals surface area contributed by atoms with E-state index in [9.17, 15) is 4.79 Å². The van der Waals surface area contributed by atoms with Gasteiger partial charge < -0.3 is 13.9 Å². The van der Waals surface area contributed by atoms with Gasteiger partial charge in [-0.3, -0.25) is 4.79 Å². The Labute approximate surface area is 143 Å². The van der Waals surface area contributed by atoms with Crippen molar-refractivity contribution in [1.29, 1.82) is 0 Å². The molecule has 3 aromatic heterocycles. The first-order valence-corrected chi connectivity index (χ1v) is 8.91. The van der Waals surface area contributed by atoms with Crippen LogP contribution in [0.4, 0.5) is 0 Å². The fraction of sp³-hybridized carbons (Fsp3) is 0.353. The van der Waals surface area contributed by atoms with Crippen molar-refractivity contribution in [2.75, 3.05) is 13.1 Å². The monoisotopic (exact) mass is 342 g/mol. The Hall–Kier alpha value is -2.41. The van der Waals surface area contributed by atoms with Gasteiger partial charge >= 0.3 is 0 Å². The van der Waals surface area contributed by atoms with Crippen molar-refractivity contribution in [3.05, 3.63) is 48.2 Å². The Morgan fingerprint density at radius 3 is 3.21 bits per heavy atom. The van der Waals surface area contributed by atoms with E-state index in [2.05, 4.69) is 14.5 Å². The highest BCUT2D eigenvalue weighted by molar-refractivity contribution is 7.13. The summed E-state index contributed by atoms with van der Waals surface area (Å²) >= 11 is 1.51. The molecule has 0 N–H and O–H groups in total. The Balaban J connectivity index is 1.41. The minimum absolute atomic E-state index is 0.135. The predicted octanol–water partition coefficient (Wildman–Crippen LogP) is 3.01. The lowest BCUT2D eigenvalue weighted by Gasteiger charge is -2.33. The summed E-state index contributed by atoms with van der Waals surface area (Å²) in [5, 5.41) is 2.75. The number of amides is 1. The number of imidazole rings is 1. The van der Waals surface area contributed by atoms with Gasteiger partial charge in [-0.15, -0.1) is 11.3 Å². The maximum Gasteiger partial charge on any atom is 0.228 e. The SMILES string of the molecule is O=C(Cc1csc(-c2ccco2)n1)N1CCC[C@H](n2ccnc2)C1. The Bertz CT molecular complexity index is 795. The van der Waals surface area contributed by atoms with Gasteiger partial charge in [0.15, 0.2) is 10.8 Å². The molecule has 6 nitrogen and oxygen atoms in total. The van der Waals surface area contributed by atoms with Crippen LogP contribution in [0.25, 0.3) is 10.8 Å². The molecule has 1 amide bonds. The number of hydrogen-bond donors (Lipinski definition) is 0. The summed E-state index contributed by atoms with van der Waals surface area (Å²) in [5.74, 6) is 0.882. The lowest BCUT2D eigenvalue weighted by molar-refractivity contribution is -0.132. The van der Waals surface area contributed by atoms with Gasteiger partial charge in [0.05, 0.1) is 30.7 Å². The van der Waals surface area contributed by atoms with Crippen molar-refractivity contribution >= 4 is 17.2 Å². The second-order valence-corrected chi connectivity index (χ2v) is 6.80. The van der Waals surface area contributed by atoms with E-state index in [0.29, 0.717) is 12.5 Å².